The van der Waals surface area contributed by atoms with Crippen LogP contribution in [0.15, 0.2) is 0 Å². The zero-order valence-electron chi connectivity index (χ0n) is 10.1. The van der Waals surface area contributed by atoms with Gasteiger partial charge in [0.05, 0.1) is 0 Å². The van der Waals surface area contributed by atoms with E-state index in [1.54, 1.807) is 0 Å². The largest absolute Gasteiger partial charge is 0.411 e. The van der Waals surface area contributed by atoms with Crippen molar-refractivity contribution >= 4 is 9.45 Å². The van der Waals surface area contributed by atoms with Gasteiger partial charge in [0.15, 0.2) is 0 Å². The van der Waals surface area contributed by atoms with Gasteiger partial charge in [-0.2, -0.15) is 0 Å². The van der Waals surface area contributed by atoms with Crippen molar-refractivity contribution in [1.29, 1.82) is 0 Å². The van der Waals surface area contributed by atoms with Gasteiger partial charge in [0.25, 0.3) is 0 Å². The summed E-state index contributed by atoms with van der Waals surface area (Å²) in [5.74, 6) is 0. The quantitative estimate of drug-likeness (QED) is 0.553. The second-order valence-electron chi connectivity index (χ2n) is 3.27. The first-order valence-electron chi connectivity index (χ1n) is 5.77. The smallest absolute Gasteiger partial charge is 0.385 e. The summed E-state index contributed by atoms with van der Waals surface area (Å²) in [6, 6.07) is 0. The van der Waals surface area contributed by atoms with Gasteiger partial charge in [-0.25, -0.2) is 0 Å². The molecule has 0 saturated carbocycles. The zero-order chi connectivity index (χ0) is 10.8. The van der Waals surface area contributed by atoms with Crippen LogP contribution in [0.3, 0.4) is 0 Å². The molecule has 0 aromatic carbocycles. The Morgan fingerprint density at radius 1 is 0.857 bits per heavy atom. The van der Waals surface area contributed by atoms with Gasteiger partial charge in [-0.1, -0.05) is 27.7 Å². The molecule has 3 nitrogen and oxygen atoms in total. The van der Waals surface area contributed by atoms with Gasteiger partial charge in [-0.3, -0.25) is 4.57 Å². The minimum Gasteiger partial charge on any atom is -0.385 e. The van der Waals surface area contributed by atoms with Crippen LogP contribution in [0.5, 0.6) is 0 Å². The Hall–Kier alpha value is 0.0969. The average Bonchev–Trinajstić information content (AvgIpc) is 2.22. The highest BCUT2D eigenvalue weighted by Crippen LogP contribution is 2.00. The van der Waals surface area contributed by atoms with E-state index in [1.807, 2.05) is 0 Å². The van der Waals surface area contributed by atoms with Crippen molar-refractivity contribution in [2.24, 2.45) is 0 Å². The minimum atomic E-state index is -1.55. The molecule has 0 aromatic rings. The molecule has 0 aliphatic carbocycles. The van der Waals surface area contributed by atoms with E-state index in [9.17, 15) is 0 Å². The lowest BCUT2D eigenvalue weighted by Crippen LogP contribution is -2.44. The van der Waals surface area contributed by atoms with E-state index >= 15 is 0 Å². The Bertz CT molecular complexity index is 113. The molecule has 14 heavy (non-hydrogen) atoms. The number of nitrogens with zero attached hydrogens (tertiary/aromatic N) is 1. The fourth-order valence-electron chi connectivity index (χ4n) is 1.22. The molecular formula is C10H25NO2Si. The maximum atomic E-state index is 5.78. The Morgan fingerprint density at radius 3 is 1.57 bits per heavy atom. The van der Waals surface area contributed by atoms with E-state index < -0.39 is 9.45 Å². The Morgan fingerprint density at radius 2 is 1.29 bits per heavy atom. The van der Waals surface area contributed by atoms with Gasteiger partial charge in [0.1, 0.15) is 0 Å². The predicted octanol–water partition coefficient (Wildman–Crippen LogP) is 1.90. The Kier molecular flexibility index (Phi) is 9.71. The summed E-state index contributed by atoms with van der Waals surface area (Å²) >= 11 is 0. The number of hydrogen-bond acceptors (Lipinski definition) is 3. The van der Waals surface area contributed by atoms with E-state index in [0.717, 1.165) is 39.1 Å². The molecule has 0 saturated heterocycles. The zero-order valence-corrected chi connectivity index (χ0v) is 11.2. The molecule has 0 aromatic heterocycles. The van der Waals surface area contributed by atoms with Crippen LogP contribution in [0.2, 0.25) is 0 Å². The van der Waals surface area contributed by atoms with Gasteiger partial charge in [-0.05, 0) is 25.9 Å². The normalized spacial score (nSPS) is 11.6. The molecule has 0 amide bonds. The van der Waals surface area contributed by atoms with Crippen LogP contribution in [0, 0.1) is 0 Å². The second kappa shape index (κ2) is 9.64. The maximum absolute atomic E-state index is 5.78. The third-order valence-corrected chi connectivity index (χ3v) is 4.41. The van der Waals surface area contributed by atoms with Crippen molar-refractivity contribution < 1.29 is 8.85 Å². The van der Waals surface area contributed by atoms with Gasteiger partial charge in [-0.15, -0.1) is 0 Å². The van der Waals surface area contributed by atoms with Gasteiger partial charge < -0.3 is 8.85 Å². The first-order valence-corrected chi connectivity index (χ1v) is 7.23. The first-order chi connectivity index (χ1) is 6.79. The van der Waals surface area contributed by atoms with E-state index in [4.69, 9.17) is 8.85 Å². The van der Waals surface area contributed by atoms with Gasteiger partial charge >= 0.3 is 9.45 Å². The molecule has 0 N–H and O–H groups in total. The monoisotopic (exact) mass is 219 g/mol. The van der Waals surface area contributed by atoms with Crippen molar-refractivity contribution in [1.82, 2.24) is 4.57 Å². The molecule has 0 aliphatic rings. The second-order valence-corrected chi connectivity index (χ2v) is 5.28. The molecule has 4 heteroatoms. The topological polar surface area (TPSA) is 21.7 Å². The van der Waals surface area contributed by atoms with Crippen LogP contribution in [-0.4, -0.2) is 40.3 Å². The molecule has 0 atom stereocenters. The van der Waals surface area contributed by atoms with Crippen LogP contribution < -0.4 is 0 Å². The molecule has 0 bridgehead atoms. The lowest BCUT2D eigenvalue weighted by atomic mass is 10.5. The lowest BCUT2D eigenvalue weighted by Gasteiger charge is -2.26. The van der Waals surface area contributed by atoms with Crippen LogP contribution >= 0.6 is 0 Å². The Labute approximate surface area is 90.3 Å². The van der Waals surface area contributed by atoms with Crippen LogP contribution in [0.4, 0.5) is 0 Å². The summed E-state index contributed by atoms with van der Waals surface area (Å²) in [7, 11) is -1.55. The summed E-state index contributed by atoms with van der Waals surface area (Å²) in [6.45, 7) is 12.3. The van der Waals surface area contributed by atoms with Gasteiger partial charge in [0.2, 0.25) is 0 Å². The highest BCUT2D eigenvalue weighted by Gasteiger charge is 2.20. The number of rotatable bonds is 9. The van der Waals surface area contributed by atoms with Gasteiger partial charge in [0, 0.05) is 13.2 Å². The molecule has 0 heterocycles. The van der Waals surface area contributed by atoms with E-state index in [-0.39, 0.29) is 0 Å². The molecule has 86 valence electrons. The summed E-state index contributed by atoms with van der Waals surface area (Å²) in [5.41, 5.74) is 0. The van der Waals surface area contributed by atoms with E-state index in [1.165, 1.54) is 0 Å². The summed E-state index contributed by atoms with van der Waals surface area (Å²) in [5, 5.41) is 0. The van der Waals surface area contributed by atoms with Crippen molar-refractivity contribution in [2.45, 2.75) is 40.5 Å². The van der Waals surface area contributed by atoms with Crippen LogP contribution in [0.25, 0.3) is 0 Å². The van der Waals surface area contributed by atoms with Crippen molar-refractivity contribution in [3.8, 4) is 0 Å². The van der Waals surface area contributed by atoms with E-state index in [0.29, 0.717) is 0 Å². The molecule has 0 radical (unpaired) electrons. The summed E-state index contributed by atoms with van der Waals surface area (Å²) < 4.78 is 13.9. The molecule has 0 spiro atoms. The maximum Gasteiger partial charge on any atom is 0.411 e. The average molecular weight is 219 g/mol. The molecular weight excluding hydrogens is 194 g/mol. The predicted molar refractivity (Wildman–Crippen MR) is 62.6 cm³/mol. The van der Waals surface area contributed by atoms with Crippen LogP contribution in [0.1, 0.15) is 40.5 Å². The Balaban J connectivity index is 3.92. The fourth-order valence-corrected chi connectivity index (χ4v) is 3.21. The summed E-state index contributed by atoms with van der Waals surface area (Å²) in [6.07, 6.45) is 2.14. The highest BCUT2D eigenvalue weighted by atomic mass is 28.3. The van der Waals surface area contributed by atoms with Crippen molar-refractivity contribution in [3.05, 3.63) is 0 Å². The van der Waals surface area contributed by atoms with Crippen molar-refractivity contribution in [3.63, 3.8) is 0 Å². The lowest BCUT2D eigenvalue weighted by molar-refractivity contribution is 0.146. The summed E-state index contributed by atoms with van der Waals surface area (Å²) in [4.78, 5) is 0. The standard InChI is InChI=1S/C10H25NO2Si/c1-5-9-12-14(13-10-6-2)11(7-3)8-4/h14H,5-10H2,1-4H3. The molecule has 0 unspecified atom stereocenters. The van der Waals surface area contributed by atoms with Crippen molar-refractivity contribution in [2.75, 3.05) is 26.3 Å². The number of hydrogen-bond donors (Lipinski definition) is 0. The fraction of sp³-hybridized carbons (Fsp3) is 1.00. The SMILES string of the molecule is CCCO[SiH](OCCC)N(CC)CC. The molecule has 0 aliphatic heterocycles. The van der Waals surface area contributed by atoms with Crippen LogP contribution in [-0.2, 0) is 8.85 Å². The first kappa shape index (κ1) is 14.1. The van der Waals surface area contributed by atoms with E-state index in [2.05, 4.69) is 32.3 Å². The molecule has 0 fully saturated rings. The third kappa shape index (κ3) is 5.75. The third-order valence-electron chi connectivity index (χ3n) is 2.04. The molecule has 0 rings (SSSR count). The highest BCUT2D eigenvalue weighted by molar-refractivity contribution is 6.40. The minimum absolute atomic E-state index is 0.830.